The molecule has 1 N–H and O–H groups in total. The second-order valence-electron chi connectivity index (χ2n) is 6.83. The molecule has 1 aliphatic rings. The highest BCUT2D eigenvalue weighted by Crippen LogP contribution is 2.21. The van der Waals surface area contributed by atoms with Gasteiger partial charge in [0.05, 0.1) is 6.04 Å². The molecule has 0 radical (unpaired) electrons. The molecule has 1 aromatic rings. The summed E-state index contributed by atoms with van der Waals surface area (Å²) in [5, 5.41) is 3.24. The van der Waals surface area contributed by atoms with E-state index in [1.54, 1.807) is 4.90 Å². The molecule has 6 heteroatoms. The number of carbonyl (C=O) groups excluding carboxylic acids is 1. The number of amides is 1. The van der Waals surface area contributed by atoms with Gasteiger partial charge in [0, 0.05) is 24.5 Å². The smallest absolute Gasteiger partial charge is 0.410 e. The summed E-state index contributed by atoms with van der Waals surface area (Å²) in [5.41, 5.74) is 1.41. The first-order chi connectivity index (χ1) is 10.2. The van der Waals surface area contributed by atoms with Crippen molar-refractivity contribution >= 4 is 12.0 Å². The number of nitrogens with zero attached hydrogens (tertiary/aromatic N) is 3. The Morgan fingerprint density at radius 1 is 1.36 bits per heavy atom. The maximum Gasteiger partial charge on any atom is 0.410 e. The van der Waals surface area contributed by atoms with Crippen molar-refractivity contribution in [1.29, 1.82) is 0 Å². The number of nitrogens with one attached hydrogen (secondary N) is 1. The molecule has 1 atom stereocenters. The minimum Gasteiger partial charge on any atom is -0.444 e. The van der Waals surface area contributed by atoms with Crippen LogP contribution in [0.1, 0.15) is 45.0 Å². The van der Waals surface area contributed by atoms with Gasteiger partial charge in [0.15, 0.2) is 0 Å². The molecule has 1 amide bonds. The lowest BCUT2D eigenvalue weighted by Crippen LogP contribution is -2.42. The summed E-state index contributed by atoms with van der Waals surface area (Å²) >= 11 is 0. The average molecular weight is 306 g/mol. The van der Waals surface area contributed by atoms with E-state index in [2.05, 4.69) is 15.3 Å². The van der Waals surface area contributed by atoms with Crippen LogP contribution in [0.3, 0.4) is 0 Å². The van der Waals surface area contributed by atoms with Crippen molar-refractivity contribution < 1.29 is 9.53 Å². The Morgan fingerprint density at radius 2 is 2.00 bits per heavy atom. The van der Waals surface area contributed by atoms with Gasteiger partial charge in [0.25, 0.3) is 0 Å². The second-order valence-corrected chi connectivity index (χ2v) is 6.83. The predicted octanol–water partition coefficient (Wildman–Crippen LogP) is 2.90. The molecule has 2 rings (SSSR count). The Balaban J connectivity index is 1.95. The molecule has 22 heavy (non-hydrogen) atoms. The van der Waals surface area contributed by atoms with Gasteiger partial charge in [-0.05, 0) is 53.5 Å². The summed E-state index contributed by atoms with van der Waals surface area (Å²) in [6, 6.07) is 2.06. The number of aromatic nitrogens is 2. The van der Waals surface area contributed by atoms with Gasteiger partial charge in [0.1, 0.15) is 5.60 Å². The number of aryl methyl sites for hydroxylation is 2. The van der Waals surface area contributed by atoms with E-state index in [0.29, 0.717) is 12.5 Å². The third-order valence-corrected chi connectivity index (χ3v) is 3.48. The van der Waals surface area contributed by atoms with Crippen LogP contribution in [0.25, 0.3) is 0 Å². The zero-order valence-electron chi connectivity index (χ0n) is 14.1. The van der Waals surface area contributed by atoms with E-state index in [1.165, 1.54) is 0 Å². The van der Waals surface area contributed by atoms with Crippen LogP contribution in [-0.2, 0) is 4.74 Å². The Kier molecular flexibility index (Phi) is 4.88. The molecule has 0 spiro atoms. The molecule has 0 bridgehead atoms. The monoisotopic (exact) mass is 306 g/mol. The summed E-state index contributed by atoms with van der Waals surface area (Å²) in [6.07, 6.45) is 1.73. The summed E-state index contributed by atoms with van der Waals surface area (Å²) in [5.74, 6) is 0.619. The summed E-state index contributed by atoms with van der Waals surface area (Å²) in [4.78, 5) is 22.8. The van der Waals surface area contributed by atoms with Crippen molar-refractivity contribution in [1.82, 2.24) is 14.9 Å². The van der Waals surface area contributed by atoms with E-state index in [9.17, 15) is 4.79 Å². The van der Waals surface area contributed by atoms with Crippen molar-refractivity contribution in [2.45, 2.75) is 59.1 Å². The van der Waals surface area contributed by atoms with Crippen molar-refractivity contribution in [2.24, 2.45) is 0 Å². The summed E-state index contributed by atoms with van der Waals surface area (Å²) in [7, 11) is 0. The molecule has 1 aromatic heterocycles. The van der Waals surface area contributed by atoms with E-state index < -0.39 is 5.60 Å². The Bertz CT molecular complexity index is 519. The molecule has 1 aliphatic heterocycles. The highest BCUT2D eigenvalue weighted by atomic mass is 16.6. The Hall–Kier alpha value is -1.85. The molecule has 6 nitrogen and oxygen atoms in total. The zero-order valence-corrected chi connectivity index (χ0v) is 14.1. The zero-order chi connectivity index (χ0) is 16.3. The van der Waals surface area contributed by atoms with Crippen LogP contribution in [0.5, 0.6) is 0 Å². The Labute approximate surface area is 132 Å². The van der Waals surface area contributed by atoms with Crippen LogP contribution < -0.4 is 5.32 Å². The number of anilines is 1. The standard InChI is InChI=1S/C16H26N4O2/c1-11-9-12(2)19-14(18-11)17-10-13-7-6-8-20(13)15(21)22-16(3,4)5/h9,13H,6-8,10H2,1-5H3,(H,17,18,19)/t13-/m0/s1. The van der Waals surface area contributed by atoms with Gasteiger partial charge in [-0.25, -0.2) is 14.8 Å². The number of hydrogen-bond donors (Lipinski definition) is 1. The summed E-state index contributed by atoms with van der Waals surface area (Å²) < 4.78 is 5.47. The molecule has 1 fully saturated rings. The Morgan fingerprint density at radius 3 is 2.59 bits per heavy atom. The molecular weight excluding hydrogens is 280 g/mol. The number of ether oxygens (including phenoxy) is 1. The first-order valence-electron chi connectivity index (χ1n) is 7.80. The average Bonchev–Trinajstić information content (AvgIpc) is 2.81. The van der Waals surface area contributed by atoms with Crippen LogP contribution >= 0.6 is 0 Å². The number of hydrogen-bond acceptors (Lipinski definition) is 5. The summed E-state index contributed by atoms with van der Waals surface area (Å²) in [6.45, 7) is 10.9. The number of carbonyl (C=O) groups is 1. The lowest BCUT2D eigenvalue weighted by Gasteiger charge is -2.28. The minimum atomic E-state index is -0.464. The van der Waals surface area contributed by atoms with E-state index in [0.717, 1.165) is 30.8 Å². The van der Waals surface area contributed by atoms with Gasteiger partial charge in [-0.1, -0.05) is 0 Å². The van der Waals surface area contributed by atoms with Gasteiger partial charge < -0.3 is 15.0 Å². The first kappa shape index (κ1) is 16.5. The van der Waals surface area contributed by atoms with Gasteiger partial charge >= 0.3 is 6.09 Å². The highest BCUT2D eigenvalue weighted by Gasteiger charge is 2.32. The molecular formula is C16H26N4O2. The molecule has 122 valence electrons. The fourth-order valence-corrected chi connectivity index (χ4v) is 2.62. The molecule has 2 heterocycles. The van der Waals surface area contributed by atoms with E-state index >= 15 is 0 Å². The number of likely N-dealkylation sites (tertiary alicyclic amines) is 1. The highest BCUT2D eigenvalue weighted by molar-refractivity contribution is 5.69. The van der Waals surface area contributed by atoms with Crippen LogP contribution in [0.15, 0.2) is 6.07 Å². The number of rotatable bonds is 3. The topological polar surface area (TPSA) is 67.4 Å². The van der Waals surface area contributed by atoms with Gasteiger partial charge in [-0.2, -0.15) is 0 Å². The molecule has 0 aromatic carbocycles. The predicted molar refractivity (Wildman–Crippen MR) is 86.0 cm³/mol. The molecule has 0 aliphatic carbocycles. The van der Waals surface area contributed by atoms with Crippen LogP contribution in [0, 0.1) is 13.8 Å². The fraction of sp³-hybridized carbons (Fsp3) is 0.688. The normalized spacial score (nSPS) is 18.4. The van der Waals surface area contributed by atoms with Crippen LogP contribution in [0.4, 0.5) is 10.7 Å². The minimum absolute atomic E-state index is 0.124. The largest absolute Gasteiger partial charge is 0.444 e. The van der Waals surface area contributed by atoms with Crippen molar-refractivity contribution in [3.05, 3.63) is 17.5 Å². The molecule has 1 saturated heterocycles. The van der Waals surface area contributed by atoms with Crippen molar-refractivity contribution in [3.63, 3.8) is 0 Å². The van der Waals surface area contributed by atoms with Crippen LogP contribution in [-0.4, -0.2) is 45.7 Å². The van der Waals surface area contributed by atoms with Gasteiger partial charge in [-0.15, -0.1) is 0 Å². The quantitative estimate of drug-likeness (QED) is 0.930. The van der Waals surface area contributed by atoms with E-state index in [1.807, 2.05) is 40.7 Å². The van der Waals surface area contributed by atoms with Crippen LogP contribution in [0.2, 0.25) is 0 Å². The molecule has 0 unspecified atom stereocenters. The van der Waals surface area contributed by atoms with E-state index in [4.69, 9.17) is 4.74 Å². The second kappa shape index (κ2) is 6.50. The third kappa shape index (κ3) is 4.58. The maximum absolute atomic E-state index is 12.2. The first-order valence-corrected chi connectivity index (χ1v) is 7.80. The van der Waals surface area contributed by atoms with Gasteiger partial charge in [-0.3, -0.25) is 0 Å². The molecule has 0 saturated carbocycles. The lowest BCUT2D eigenvalue weighted by atomic mass is 10.2. The maximum atomic E-state index is 12.2. The van der Waals surface area contributed by atoms with E-state index in [-0.39, 0.29) is 12.1 Å². The van der Waals surface area contributed by atoms with Gasteiger partial charge in [0.2, 0.25) is 5.95 Å². The SMILES string of the molecule is Cc1cc(C)nc(NC[C@@H]2CCCN2C(=O)OC(C)(C)C)n1. The third-order valence-electron chi connectivity index (χ3n) is 3.48. The van der Waals surface area contributed by atoms with Crippen molar-refractivity contribution in [2.75, 3.05) is 18.4 Å². The lowest BCUT2D eigenvalue weighted by molar-refractivity contribution is 0.0235. The fourth-order valence-electron chi connectivity index (χ4n) is 2.62. The van der Waals surface area contributed by atoms with Crippen molar-refractivity contribution in [3.8, 4) is 0 Å².